The highest BCUT2D eigenvalue weighted by Crippen LogP contribution is 2.24. The number of benzene rings is 2. The Morgan fingerprint density at radius 1 is 1.07 bits per heavy atom. The summed E-state index contributed by atoms with van der Waals surface area (Å²) >= 11 is 0. The molecule has 0 atom stereocenters. The second kappa shape index (κ2) is 9.13. The van der Waals surface area contributed by atoms with Crippen LogP contribution in [0.15, 0.2) is 67.0 Å². The average Bonchev–Trinajstić information content (AvgIpc) is 2.70. The van der Waals surface area contributed by atoms with E-state index in [2.05, 4.69) is 29.5 Å². The Labute approximate surface area is 164 Å². The van der Waals surface area contributed by atoms with Gasteiger partial charge in [-0.2, -0.15) is 0 Å². The molecule has 3 rings (SSSR count). The Kier molecular flexibility index (Phi) is 6.37. The number of nitrogens with one attached hydrogen (secondary N) is 2. The van der Waals surface area contributed by atoms with Crippen LogP contribution in [0.2, 0.25) is 0 Å². The van der Waals surface area contributed by atoms with Crippen molar-refractivity contribution in [2.45, 2.75) is 26.2 Å². The molecule has 3 aromatic rings. The summed E-state index contributed by atoms with van der Waals surface area (Å²) in [4.78, 5) is 16.8. The summed E-state index contributed by atoms with van der Waals surface area (Å²) < 4.78 is 13.7. The third kappa shape index (κ3) is 4.94. The highest BCUT2D eigenvalue weighted by atomic mass is 19.1. The van der Waals surface area contributed by atoms with Crippen molar-refractivity contribution < 1.29 is 9.18 Å². The van der Waals surface area contributed by atoms with Crippen LogP contribution in [0.1, 0.15) is 41.3 Å². The van der Waals surface area contributed by atoms with Crippen molar-refractivity contribution in [2.75, 3.05) is 17.2 Å². The van der Waals surface area contributed by atoms with Crippen molar-refractivity contribution in [2.24, 2.45) is 0 Å². The Bertz CT molecular complexity index is 956. The molecule has 5 heteroatoms. The minimum absolute atomic E-state index is 0.209. The number of hydrogen-bond donors (Lipinski definition) is 2. The summed E-state index contributed by atoms with van der Waals surface area (Å²) in [5.41, 5.74) is 3.74. The molecule has 0 radical (unpaired) electrons. The van der Waals surface area contributed by atoms with E-state index in [4.69, 9.17) is 0 Å². The predicted octanol–water partition coefficient (Wildman–Crippen LogP) is 5.25. The smallest absolute Gasteiger partial charge is 0.257 e. The highest BCUT2D eigenvalue weighted by Gasteiger charge is 2.12. The van der Waals surface area contributed by atoms with E-state index in [9.17, 15) is 9.18 Å². The normalized spacial score (nSPS) is 10.7. The number of para-hydroxylation sites is 1. The number of hydrogen-bond acceptors (Lipinski definition) is 3. The molecule has 1 heterocycles. The summed E-state index contributed by atoms with van der Waals surface area (Å²) in [6.07, 6.45) is 3.74. The fraction of sp³-hybridized carbons (Fsp3) is 0.217. The number of pyridine rings is 1. The van der Waals surface area contributed by atoms with Crippen molar-refractivity contribution >= 4 is 17.3 Å². The summed E-state index contributed by atoms with van der Waals surface area (Å²) in [5.74, 6) is -0.112. The van der Waals surface area contributed by atoms with Crippen LogP contribution in [0.3, 0.4) is 0 Å². The highest BCUT2D eigenvalue weighted by molar-refractivity contribution is 6.05. The molecule has 2 N–H and O–H groups in total. The Morgan fingerprint density at radius 2 is 1.82 bits per heavy atom. The molecule has 0 unspecified atom stereocenters. The number of carbonyl (C=O) groups is 1. The van der Waals surface area contributed by atoms with Crippen LogP contribution in [0.25, 0.3) is 0 Å². The molecule has 1 amide bonds. The van der Waals surface area contributed by atoms with Crippen LogP contribution in [-0.2, 0) is 6.42 Å². The second-order valence-corrected chi connectivity index (χ2v) is 6.93. The van der Waals surface area contributed by atoms with Crippen LogP contribution in [-0.4, -0.2) is 17.4 Å². The van der Waals surface area contributed by atoms with Gasteiger partial charge in [-0.3, -0.25) is 9.78 Å². The lowest BCUT2D eigenvalue weighted by Crippen LogP contribution is -2.14. The second-order valence-electron chi connectivity index (χ2n) is 6.93. The van der Waals surface area contributed by atoms with E-state index >= 15 is 0 Å². The molecular formula is C23H24FN3O. The minimum Gasteiger partial charge on any atom is -0.383 e. The van der Waals surface area contributed by atoms with Crippen molar-refractivity contribution in [3.8, 4) is 0 Å². The van der Waals surface area contributed by atoms with Gasteiger partial charge in [0.25, 0.3) is 5.91 Å². The Morgan fingerprint density at radius 3 is 2.61 bits per heavy atom. The van der Waals surface area contributed by atoms with Crippen LogP contribution in [0.5, 0.6) is 0 Å². The van der Waals surface area contributed by atoms with E-state index in [1.807, 2.05) is 30.3 Å². The first kappa shape index (κ1) is 19.5. The molecule has 2 aromatic carbocycles. The van der Waals surface area contributed by atoms with Crippen molar-refractivity contribution in [3.63, 3.8) is 0 Å². The topological polar surface area (TPSA) is 54.0 Å². The van der Waals surface area contributed by atoms with Crippen molar-refractivity contribution in [1.82, 2.24) is 4.98 Å². The summed E-state index contributed by atoms with van der Waals surface area (Å²) in [6.45, 7) is 4.73. The van der Waals surface area contributed by atoms with Gasteiger partial charge in [0.05, 0.1) is 11.3 Å². The quantitative estimate of drug-likeness (QED) is 0.591. The zero-order chi connectivity index (χ0) is 19.9. The molecule has 0 aliphatic rings. The number of amides is 1. The van der Waals surface area contributed by atoms with Gasteiger partial charge < -0.3 is 10.6 Å². The van der Waals surface area contributed by atoms with Crippen LogP contribution in [0, 0.1) is 5.82 Å². The van der Waals surface area contributed by atoms with Gasteiger partial charge in [-0.15, -0.1) is 0 Å². The Balaban J connectivity index is 1.64. The van der Waals surface area contributed by atoms with E-state index < -0.39 is 0 Å². The number of halogens is 1. The lowest BCUT2D eigenvalue weighted by atomic mass is 10.0. The molecule has 1 aromatic heterocycles. The molecule has 144 valence electrons. The van der Waals surface area contributed by atoms with Crippen LogP contribution >= 0.6 is 0 Å². The van der Waals surface area contributed by atoms with Crippen molar-refractivity contribution in [3.05, 3.63) is 89.5 Å². The molecule has 28 heavy (non-hydrogen) atoms. The first-order chi connectivity index (χ1) is 13.5. The lowest BCUT2D eigenvalue weighted by molar-refractivity contribution is 0.102. The molecular weight excluding hydrogens is 353 g/mol. The SMILES string of the molecule is CC(C)c1ccccc1NC(=O)c1cncc(NCCc2ccccc2F)c1. The first-order valence-electron chi connectivity index (χ1n) is 9.37. The summed E-state index contributed by atoms with van der Waals surface area (Å²) in [5, 5.41) is 6.17. The maximum absolute atomic E-state index is 13.7. The standard InChI is InChI=1S/C23H24FN3O/c1-16(2)20-8-4-6-10-22(20)27-23(28)18-13-19(15-25-14-18)26-12-11-17-7-3-5-9-21(17)24/h3-10,13-16,26H,11-12H2,1-2H3,(H,27,28). The number of nitrogens with zero attached hydrogens (tertiary/aromatic N) is 1. The maximum atomic E-state index is 13.7. The number of anilines is 2. The molecule has 0 aliphatic carbocycles. The predicted molar refractivity (Wildman–Crippen MR) is 111 cm³/mol. The first-order valence-corrected chi connectivity index (χ1v) is 9.37. The molecule has 0 aliphatic heterocycles. The third-order valence-corrected chi connectivity index (χ3v) is 4.51. The fourth-order valence-corrected chi connectivity index (χ4v) is 3.01. The summed E-state index contributed by atoms with van der Waals surface area (Å²) in [6, 6.07) is 16.3. The molecule has 0 spiro atoms. The van der Waals surface area contributed by atoms with E-state index in [-0.39, 0.29) is 11.7 Å². The fourth-order valence-electron chi connectivity index (χ4n) is 3.01. The maximum Gasteiger partial charge on any atom is 0.257 e. The summed E-state index contributed by atoms with van der Waals surface area (Å²) in [7, 11) is 0. The molecule has 0 bridgehead atoms. The monoisotopic (exact) mass is 377 g/mol. The van der Waals surface area contributed by atoms with Crippen LogP contribution in [0.4, 0.5) is 15.8 Å². The van der Waals surface area contributed by atoms with Gasteiger partial charge in [0.15, 0.2) is 0 Å². The zero-order valence-electron chi connectivity index (χ0n) is 16.1. The van der Waals surface area contributed by atoms with Crippen molar-refractivity contribution in [1.29, 1.82) is 0 Å². The van der Waals surface area contributed by atoms with E-state index in [0.717, 1.165) is 16.9 Å². The zero-order valence-corrected chi connectivity index (χ0v) is 16.1. The average molecular weight is 377 g/mol. The van der Waals surface area contributed by atoms with E-state index in [1.165, 1.54) is 12.3 Å². The molecule has 0 saturated carbocycles. The van der Waals surface area contributed by atoms with Gasteiger partial charge in [0.2, 0.25) is 0 Å². The number of carbonyl (C=O) groups excluding carboxylic acids is 1. The van der Waals surface area contributed by atoms with Gasteiger partial charge in [-0.25, -0.2) is 4.39 Å². The van der Waals surface area contributed by atoms with Gasteiger partial charge in [-0.05, 0) is 41.7 Å². The van der Waals surface area contributed by atoms with Gasteiger partial charge in [0, 0.05) is 24.6 Å². The third-order valence-electron chi connectivity index (χ3n) is 4.51. The Hall–Kier alpha value is -3.21. The minimum atomic E-state index is -0.210. The number of aromatic nitrogens is 1. The molecule has 4 nitrogen and oxygen atoms in total. The van der Waals surface area contributed by atoms with Gasteiger partial charge in [-0.1, -0.05) is 50.2 Å². The van der Waals surface area contributed by atoms with Gasteiger partial charge in [0.1, 0.15) is 5.82 Å². The van der Waals surface area contributed by atoms with Crippen LogP contribution < -0.4 is 10.6 Å². The molecule has 0 fully saturated rings. The lowest BCUT2D eigenvalue weighted by Gasteiger charge is -2.14. The van der Waals surface area contributed by atoms with Gasteiger partial charge >= 0.3 is 0 Å². The number of rotatable bonds is 7. The van der Waals surface area contributed by atoms with E-state index in [0.29, 0.717) is 30.0 Å². The largest absolute Gasteiger partial charge is 0.383 e. The molecule has 0 saturated heterocycles. The van der Waals surface area contributed by atoms with E-state index in [1.54, 1.807) is 24.4 Å².